The molecule has 0 aliphatic carbocycles. The summed E-state index contributed by atoms with van der Waals surface area (Å²) in [5, 5.41) is 3.53. The molecule has 0 unspecified atom stereocenters. The minimum Gasteiger partial charge on any atom is -0.469 e. The van der Waals surface area contributed by atoms with Gasteiger partial charge in [0.1, 0.15) is 11.6 Å². The van der Waals surface area contributed by atoms with E-state index in [0.717, 1.165) is 12.1 Å². The zero-order chi connectivity index (χ0) is 23.1. The Kier molecular flexibility index (Phi) is 8.04. The lowest BCUT2D eigenvalue weighted by atomic mass is 10.0. The summed E-state index contributed by atoms with van der Waals surface area (Å²) < 4.78 is 10.7. The van der Waals surface area contributed by atoms with E-state index in [1.165, 1.54) is 12.7 Å². The molecule has 1 heterocycles. The number of nitrogens with one attached hydrogen (secondary N) is 1. The molecule has 6 heteroatoms. The molecule has 2 aromatic rings. The predicted molar refractivity (Wildman–Crippen MR) is 124 cm³/mol. The van der Waals surface area contributed by atoms with Crippen molar-refractivity contribution in [2.75, 3.05) is 20.2 Å². The largest absolute Gasteiger partial charge is 0.469 e. The van der Waals surface area contributed by atoms with Crippen molar-refractivity contribution in [2.45, 2.75) is 51.4 Å². The van der Waals surface area contributed by atoms with Crippen molar-refractivity contribution in [1.29, 1.82) is 0 Å². The summed E-state index contributed by atoms with van der Waals surface area (Å²) in [7, 11) is 1.39. The molecule has 0 aromatic heterocycles. The van der Waals surface area contributed by atoms with E-state index in [-0.39, 0.29) is 23.9 Å². The summed E-state index contributed by atoms with van der Waals surface area (Å²) in [6, 6.07) is 19.7. The lowest BCUT2D eigenvalue weighted by molar-refractivity contribution is -0.161. The number of carbonyl (C=O) groups excluding carboxylic acids is 2. The van der Waals surface area contributed by atoms with Gasteiger partial charge >= 0.3 is 11.9 Å². The maximum atomic E-state index is 13.1. The maximum Gasteiger partial charge on any atom is 0.323 e. The van der Waals surface area contributed by atoms with Crippen LogP contribution in [0.1, 0.15) is 44.4 Å². The Bertz CT molecular complexity index is 880. The summed E-state index contributed by atoms with van der Waals surface area (Å²) >= 11 is 0. The standard InChI is InChI=1S/C26H34N2O4/c1-26(2,3)32-25(30)22-15-21(24(29)31-4)18-28(22)23(20-13-9-6-10-14-20)17-27-16-19-11-7-5-8-12-19/h5-14,21-23,27H,15-18H2,1-4H3/t21-,22+,23-/m0/s1. The average Bonchev–Trinajstić information content (AvgIpc) is 3.22. The average molecular weight is 439 g/mol. The number of nitrogens with zero attached hydrogens (tertiary/aromatic N) is 1. The monoisotopic (exact) mass is 438 g/mol. The molecule has 0 bridgehead atoms. The lowest BCUT2D eigenvalue weighted by Gasteiger charge is -2.34. The Morgan fingerprint density at radius 3 is 2.25 bits per heavy atom. The van der Waals surface area contributed by atoms with Crippen molar-refractivity contribution in [1.82, 2.24) is 10.2 Å². The van der Waals surface area contributed by atoms with Crippen molar-refractivity contribution in [2.24, 2.45) is 5.92 Å². The van der Waals surface area contributed by atoms with Gasteiger partial charge in [0.25, 0.3) is 0 Å². The normalized spacial score (nSPS) is 20.0. The second-order valence-electron chi connectivity index (χ2n) is 9.24. The number of ether oxygens (including phenoxy) is 2. The topological polar surface area (TPSA) is 67.9 Å². The Balaban J connectivity index is 1.84. The number of esters is 2. The summed E-state index contributed by atoms with van der Waals surface area (Å²) in [5.41, 5.74) is 1.68. The van der Waals surface area contributed by atoms with Gasteiger partial charge in [0.15, 0.2) is 0 Å². The molecular formula is C26H34N2O4. The van der Waals surface area contributed by atoms with Gasteiger partial charge in [-0.15, -0.1) is 0 Å². The van der Waals surface area contributed by atoms with Crippen LogP contribution in [0.25, 0.3) is 0 Å². The van der Waals surface area contributed by atoms with Crippen LogP contribution in [0.15, 0.2) is 60.7 Å². The van der Waals surface area contributed by atoms with Crippen molar-refractivity contribution in [3.63, 3.8) is 0 Å². The third-order valence-corrected chi connectivity index (χ3v) is 5.65. The molecule has 32 heavy (non-hydrogen) atoms. The van der Waals surface area contributed by atoms with Gasteiger partial charge in [-0.3, -0.25) is 14.5 Å². The third kappa shape index (κ3) is 6.40. The quantitative estimate of drug-likeness (QED) is 0.634. The Labute approximate surface area is 190 Å². The number of rotatable bonds is 8. The van der Waals surface area contributed by atoms with Crippen molar-refractivity contribution in [3.05, 3.63) is 71.8 Å². The molecule has 3 rings (SSSR count). The van der Waals surface area contributed by atoms with Gasteiger partial charge in [-0.25, -0.2) is 0 Å². The minimum absolute atomic E-state index is 0.0907. The van der Waals surface area contributed by atoms with E-state index >= 15 is 0 Å². The van der Waals surface area contributed by atoms with Gasteiger partial charge in [-0.2, -0.15) is 0 Å². The van der Waals surface area contributed by atoms with Crippen LogP contribution in [0, 0.1) is 5.92 Å². The second kappa shape index (κ2) is 10.7. The molecule has 0 amide bonds. The molecule has 1 N–H and O–H groups in total. The Morgan fingerprint density at radius 1 is 1.03 bits per heavy atom. The first-order valence-electron chi connectivity index (χ1n) is 11.1. The molecular weight excluding hydrogens is 404 g/mol. The van der Waals surface area contributed by atoms with Crippen LogP contribution in [0.2, 0.25) is 0 Å². The third-order valence-electron chi connectivity index (χ3n) is 5.65. The van der Waals surface area contributed by atoms with E-state index in [1.54, 1.807) is 0 Å². The van der Waals surface area contributed by atoms with Crippen LogP contribution < -0.4 is 5.32 Å². The van der Waals surface area contributed by atoms with Crippen LogP contribution in [0.5, 0.6) is 0 Å². The highest BCUT2D eigenvalue weighted by Gasteiger charge is 2.45. The van der Waals surface area contributed by atoms with Crippen molar-refractivity contribution >= 4 is 11.9 Å². The highest BCUT2D eigenvalue weighted by molar-refractivity contribution is 5.80. The minimum atomic E-state index is -0.597. The number of carbonyl (C=O) groups is 2. The molecule has 1 aliphatic heterocycles. The lowest BCUT2D eigenvalue weighted by Crippen LogP contribution is -2.45. The molecule has 1 fully saturated rings. The van der Waals surface area contributed by atoms with E-state index in [0.29, 0.717) is 19.5 Å². The number of hydrogen-bond acceptors (Lipinski definition) is 6. The molecule has 0 radical (unpaired) electrons. The highest BCUT2D eigenvalue weighted by Crippen LogP contribution is 2.34. The first-order chi connectivity index (χ1) is 15.3. The maximum absolute atomic E-state index is 13.1. The second-order valence-corrected chi connectivity index (χ2v) is 9.24. The molecule has 0 spiro atoms. The molecule has 0 saturated carbocycles. The van der Waals surface area contributed by atoms with Crippen molar-refractivity contribution in [3.8, 4) is 0 Å². The number of benzene rings is 2. The zero-order valence-corrected chi connectivity index (χ0v) is 19.4. The van der Waals surface area contributed by atoms with Crippen LogP contribution in [-0.2, 0) is 25.6 Å². The van der Waals surface area contributed by atoms with E-state index < -0.39 is 11.6 Å². The Morgan fingerprint density at radius 2 is 1.66 bits per heavy atom. The number of methoxy groups -OCH3 is 1. The molecule has 1 aliphatic rings. The SMILES string of the molecule is COC(=O)[C@H]1C[C@H](C(=O)OC(C)(C)C)N([C@@H](CNCc2ccccc2)c2ccccc2)C1. The summed E-state index contributed by atoms with van der Waals surface area (Å²) in [4.78, 5) is 27.6. The van der Waals surface area contributed by atoms with Gasteiger partial charge in [-0.1, -0.05) is 60.7 Å². The van der Waals surface area contributed by atoms with Crippen LogP contribution in [0.4, 0.5) is 0 Å². The van der Waals surface area contributed by atoms with Crippen LogP contribution in [0.3, 0.4) is 0 Å². The summed E-state index contributed by atoms with van der Waals surface area (Å²) in [5.74, 6) is -0.948. The molecule has 2 aromatic carbocycles. The van der Waals surface area contributed by atoms with Gasteiger partial charge in [0.05, 0.1) is 13.0 Å². The van der Waals surface area contributed by atoms with Gasteiger partial charge in [-0.05, 0) is 38.3 Å². The fourth-order valence-corrected chi connectivity index (χ4v) is 4.20. The van der Waals surface area contributed by atoms with E-state index in [9.17, 15) is 9.59 Å². The fraction of sp³-hybridized carbons (Fsp3) is 0.462. The van der Waals surface area contributed by atoms with Crippen LogP contribution >= 0.6 is 0 Å². The first-order valence-corrected chi connectivity index (χ1v) is 11.1. The van der Waals surface area contributed by atoms with E-state index in [4.69, 9.17) is 9.47 Å². The van der Waals surface area contributed by atoms with Crippen LogP contribution in [-0.4, -0.2) is 48.7 Å². The van der Waals surface area contributed by atoms with Gasteiger partial charge in [0.2, 0.25) is 0 Å². The molecule has 1 saturated heterocycles. The highest BCUT2D eigenvalue weighted by atomic mass is 16.6. The molecule has 172 valence electrons. The smallest absolute Gasteiger partial charge is 0.323 e. The predicted octanol–water partition coefficient (Wildman–Crippen LogP) is 3.72. The number of likely N-dealkylation sites (tertiary alicyclic amines) is 1. The first kappa shape index (κ1) is 24.0. The van der Waals surface area contributed by atoms with Gasteiger partial charge < -0.3 is 14.8 Å². The van der Waals surface area contributed by atoms with E-state index in [1.807, 2.05) is 57.2 Å². The summed E-state index contributed by atoms with van der Waals surface area (Å²) in [6.07, 6.45) is 0.392. The van der Waals surface area contributed by atoms with Gasteiger partial charge in [0, 0.05) is 25.7 Å². The zero-order valence-electron chi connectivity index (χ0n) is 19.4. The molecule has 6 nitrogen and oxygen atoms in total. The summed E-state index contributed by atoms with van der Waals surface area (Å²) in [6.45, 7) is 7.37. The Hall–Kier alpha value is -2.70. The van der Waals surface area contributed by atoms with E-state index in [2.05, 4.69) is 34.5 Å². The fourth-order valence-electron chi connectivity index (χ4n) is 4.20. The molecule has 3 atom stereocenters. The van der Waals surface area contributed by atoms with Crippen molar-refractivity contribution < 1.29 is 19.1 Å². The number of hydrogen-bond donors (Lipinski definition) is 1.